The van der Waals surface area contributed by atoms with E-state index in [4.69, 9.17) is 0 Å². The molecule has 1 saturated carbocycles. The molecule has 0 radical (unpaired) electrons. The van der Waals surface area contributed by atoms with Crippen LogP contribution in [0.1, 0.15) is 50.5 Å². The summed E-state index contributed by atoms with van der Waals surface area (Å²) in [5, 5.41) is 4.34. The maximum Gasteiger partial charge on any atom is 0.411 e. The topological polar surface area (TPSA) is 93.1 Å². The smallest absolute Gasteiger partial charge is 0.344 e. The molecule has 1 aliphatic carbocycles. The number of ketones is 1. The molecule has 0 aromatic carbocycles. The minimum absolute atomic E-state index is 0.0811. The van der Waals surface area contributed by atoms with Crippen LogP contribution in [0.2, 0.25) is 0 Å². The van der Waals surface area contributed by atoms with Crippen molar-refractivity contribution in [2.24, 2.45) is 7.05 Å². The molecule has 3 rings (SSSR count). The number of anilines is 1. The highest BCUT2D eigenvalue weighted by molar-refractivity contribution is 6.43. The molecule has 166 valence electrons. The molecule has 11 heteroatoms. The Morgan fingerprint density at radius 3 is 2.29 bits per heavy atom. The molecule has 1 fully saturated rings. The number of aryl methyl sites for hydroxylation is 1. The number of carbonyl (C=O) groups excluding carboxylic acids is 3. The summed E-state index contributed by atoms with van der Waals surface area (Å²) in [5.41, 5.74) is -1.58. The molecule has 0 atom stereocenters. The summed E-state index contributed by atoms with van der Waals surface area (Å²) >= 11 is 0. The number of rotatable bonds is 5. The molecular formula is C20H20F4N4O3. The van der Waals surface area contributed by atoms with Gasteiger partial charge in [0.05, 0.1) is 23.1 Å². The summed E-state index contributed by atoms with van der Waals surface area (Å²) in [6.07, 6.45) is -4.12. The van der Waals surface area contributed by atoms with Gasteiger partial charge in [-0.2, -0.15) is 17.6 Å². The zero-order chi connectivity index (χ0) is 23.3. The maximum atomic E-state index is 13.3. The average Bonchev–Trinajstić information content (AvgIpc) is 3.41. The van der Waals surface area contributed by atoms with Gasteiger partial charge in [-0.05, 0) is 45.2 Å². The van der Waals surface area contributed by atoms with Crippen molar-refractivity contribution in [2.75, 3.05) is 5.32 Å². The number of halogens is 4. The third kappa shape index (κ3) is 3.91. The lowest BCUT2D eigenvalue weighted by Crippen LogP contribution is -2.50. The molecule has 0 spiro atoms. The fraction of sp³-hybridized carbons (Fsp3) is 0.400. The van der Waals surface area contributed by atoms with E-state index in [0.29, 0.717) is 5.69 Å². The van der Waals surface area contributed by atoms with Gasteiger partial charge in [0.1, 0.15) is 5.54 Å². The minimum atomic E-state index is -4.66. The molecule has 2 aromatic heterocycles. The Hall–Kier alpha value is -3.24. The van der Waals surface area contributed by atoms with Crippen LogP contribution in [0.4, 0.5) is 23.2 Å². The van der Waals surface area contributed by atoms with Gasteiger partial charge in [-0.1, -0.05) is 0 Å². The predicted octanol–water partition coefficient (Wildman–Crippen LogP) is 3.13. The normalized spacial score (nSPS) is 14.8. The highest BCUT2D eigenvalue weighted by Crippen LogP contribution is 2.48. The number of aromatic nitrogens is 2. The Morgan fingerprint density at radius 1 is 1.16 bits per heavy atom. The quantitative estimate of drug-likeness (QED) is 0.323. The molecule has 2 amide bonds. The molecule has 0 unspecified atom stereocenters. The third-order valence-electron chi connectivity index (χ3n) is 5.50. The predicted molar refractivity (Wildman–Crippen MR) is 102 cm³/mol. The Balaban J connectivity index is 1.87. The minimum Gasteiger partial charge on any atom is -0.344 e. The molecule has 0 bridgehead atoms. The van der Waals surface area contributed by atoms with E-state index in [-0.39, 0.29) is 40.9 Å². The van der Waals surface area contributed by atoms with Crippen LogP contribution < -0.4 is 10.6 Å². The summed E-state index contributed by atoms with van der Waals surface area (Å²) in [6, 6.07) is 1.37. The highest BCUT2D eigenvalue weighted by atomic mass is 19.4. The van der Waals surface area contributed by atoms with Crippen LogP contribution in [0.25, 0.3) is 0 Å². The van der Waals surface area contributed by atoms with Crippen LogP contribution in [-0.2, 0) is 11.8 Å². The van der Waals surface area contributed by atoms with Crippen molar-refractivity contribution in [3.05, 3.63) is 46.3 Å². The number of pyridine rings is 1. The number of hydrogen-bond donors (Lipinski definition) is 2. The molecule has 2 N–H and O–H groups in total. The largest absolute Gasteiger partial charge is 0.411 e. The second kappa shape index (κ2) is 7.47. The first-order valence-corrected chi connectivity index (χ1v) is 9.32. The first kappa shape index (κ1) is 22.4. The van der Waals surface area contributed by atoms with E-state index in [1.807, 2.05) is 0 Å². The van der Waals surface area contributed by atoms with Crippen molar-refractivity contribution in [1.29, 1.82) is 0 Å². The van der Waals surface area contributed by atoms with E-state index in [2.05, 4.69) is 10.3 Å². The number of amides is 2. The summed E-state index contributed by atoms with van der Waals surface area (Å²) in [5.74, 6) is -3.87. The van der Waals surface area contributed by atoms with Gasteiger partial charge in [-0.15, -0.1) is 0 Å². The molecule has 2 heterocycles. The number of hydrogen-bond acceptors (Lipinski definition) is 4. The SMILES string of the molecule is Cc1cc(NC(=O)c2c(C)c(C(=O)C(=O)NC3(C(F)(F)F)CC3)n(C)c2C)cnc1F. The summed E-state index contributed by atoms with van der Waals surface area (Å²) < 4.78 is 53.9. The third-order valence-corrected chi connectivity index (χ3v) is 5.50. The lowest BCUT2D eigenvalue weighted by atomic mass is 10.1. The number of carbonyl (C=O) groups is 3. The lowest BCUT2D eigenvalue weighted by molar-refractivity contribution is -0.169. The van der Waals surface area contributed by atoms with Gasteiger partial charge in [-0.3, -0.25) is 14.4 Å². The first-order valence-electron chi connectivity index (χ1n) is 9.32. The van der Waals surface area contributed by atoms with E-state index in [1.165, 1.54) is 38.5 Å². The van der Waals surface area contributed by atoms with Gasteiger partial charge in [0, 0.05) is 18.3 Å². The Bertz CT molecular complexity index is 1100. The number of Topliss-reactive ketones (excluding diaryl/α,β-unsaturated/α-hetero) is 1. The molecule has 7 nitrogen and oxygen atoms in total. The standard InChI is InChI=1S/C20H20F4N4O3/c1-9-7-12(8-25-16(9)21)26-17(30)13-10(2)14(28(4)11(13)3)15(29)18(31)27-19(5-6-19)20(22,23)24/h7-8H,5-6H2,1-4H3,(H,26,30)(H,27,31). The fourth-order valence-corrected chi connectivity index (χ4v) is 3.44. The van der Waals surface area contributed by atoms with Crippen LogP contribution in [0, 0.1) is 26.7 Å². The fourth-order valence-electron chi connectivity index (χ4n) is 3.44. The molecule has 2 aromatic rings. The molecule has 1 aliphatic rings. The average molecular weight is 440 g/mol. The first-order chi connectivity index (χ1) is 14.3. The van der Waals surface area contributed by atoms with Gasteiger partial charge in [0.25, 0.3) is 17.6 Å². The van der Waals surface area contributed by atoms with Gasteiger partial charge in [0.2, 0.25) is 5.95 Å². The van der Waals surface area contributed by atoms with Gasteiger partial charge in [-0.25, -0.2) is 4.98 Å². The highest BCUT2D eigenvalue weighted by Gasteiger charge is 2.64. The monoisotopic (exact) mass is 440 g/mol. The van der Waals surface area contributed by atoms with Crippen molar-refractivity contribution >= 4 is 23.3 Å². The van der Waals surface area contributed by atoms with E-state index in [1.54, 1.807) is 5.32 Å². The molecular weight excluding hydrogens is 420 g/mol. The van der Waals surface area contributed by atoms with Crippen molar-refractivity contribution in [1.82, 2.24) is 14.9 Å². The second-order valence-electron chi connectivity index (χ2n) is 7.64. The van der Waals surface area contributed by atoms with E-state index in [0.717, 1.165) is 6.20 Å². The Labute approximate surface area is 174 Å². The number of alkyl halides is 3. The van der Waals surface area contributed by atoms with Crippen molar-refractivity contribution < 1.29 is 31.9 Å². The summed E-state index contributed by atoms with van der Waals surface area (Å²) in [7, 11) is 1.43. The van der Waals surface area contributed by atoms with Crippen LogP contribution in [0.5, 0.6) is 0 Å². The maximum absolute atomic E-state index is 13.3. The zero-order valence-corrected chi connectivity index (χ0v) is 17.2. The van der Waals surface area contributed by atoms with E-state index in [9.17, 15) is 31.9 Å². The molecule has 0 aliphatic heterocycles. The number of nitrogens with zero attached hydrogens (tertiary/aromatic N) is 2. The summed E-state index contributed by atoms with van der Waals surface area (Å²) in [6.45, 7) is 4.43. The Morgan fingerprint density at radius 2 is 1.77 bits per heavy atom. The number of nitrogens with one attached hydrogen (secondary N) is 2. The van der Waals surface area contributed by atoms with Crippen molar-refractivity contribution in [2.45, 2.75) is 45.3 Å². The van der Waals surface area contributed by atoms with Crippen LogP contribution in [-0.4, -0.2) is 38.9 Å². The van der Waals surface area contributed by atoms with Crippen molar-refractivity contribution in [3.63, 3.8) is 0 Å². The summed E-state index contributed by atoms with van der Waals surface area (Å²) in [4.78, 5) is 41.2. The van der Waals surface area contributed by atoms with Crippen molar-refractivity contribution in [3.8, 4) is 0 Å². The second-order valence-corrected chi connectivity index (χ2v) is 7.64. The van der Waals surface area contributed by atoms with Gasteiger partial charge < -0.3 is 15.2 Å². The molecule has 0 saturated heterocycles. The van der Waals surface area contributed by atoms with Crippen LogP contribution >= 0.6 is 0 Å². The van der Waals surface area contributed by atoms with Crippen LogP contribution in [0.15, 0.2) is 12.3 Å². The van der Waals surface area contributed by atoms with E-state index >= 15 is 0 Å². The zero-order valence-electron chi connectivity index (χ0n) is 17.2. The molecule has 31 heavy (non-hydrogen) atoms. The lowest BCUT2D eigenvalue weighted by Gasteiger charge is -2.20. The Kier molecular flexibility index (Phi) is 5.41. The van der Waals surface area contributed by atoms with Crippen LogP contribution in [0.3, 0.4) is 0 Å². The van der Waals surface area contributed by atoms with Gasteiger partial charge >= 0.3 is 6.18 Å². The van der Waals surface area contributed by atoms with Gasteiger partial charge in [0.15, 0.2) is 0 Å². The van der Waals surface area contributed by atoms with E-state index < -0.39 is 35.3 Å².